The number of aliphatic carboxylic acids is 1. The van der Waals surface area contributed by atoms with Crippen molar-refractivity contribution in [2.45, 2.75) is 57.7 Å². The maximum absolute atomic E-state index is 14.0. The fraction of sp³-hybridized carbons (Fsp3) is 0.520. The van der Waals surface area contributed by atoms with E-state index >= 15 is 0 Å². The Kier molecular flexibility index (Phi) is 6.86. The van der Waals surface area contributed by atoms with Gasteiger partial charge in [-0.25, -0.2) is 14.5 Å². The molecule has 3 atom stereocenters. The van der Waals surface area contributed by atoms with Crippen LogP contribution in [0.2, 0.25) is 0 Å². The van der Waals surface area contributed by atoms with E-state index in [0.717, 1.165) is 21.4 Å². The zero-order valence-corrected chi connectivity index (χ0v) is 21.3. The summed E-state index contributed by atoms with van der Waals surface area (Å²) < 4.78 is 0. The number of thioether (sulfide) groups is 1. The molecule has 9 nitrogen and oxygen atoms in total. The fourth-order valence-corrected chi connectivity index (χ4v) is 5.70. The number of H-pyrrole nitrogens is 1. The number of carboxylic acid groups (broad SMARTS) is 1. The van der Waals surface area contributed by atoms with Crippen molar-refractivity contribution < 1.29 is 24.3 Å². The molecule has 3 heterocycles. The molecule has 3 N–H and O–H groups in total. The number of imide groups is 1. The second kappa shape index (κ2) is 9.56. The summed E-state index contributed by atoms with van der Waals surface area (Å²) in [4.78, 5) is 58.7. The van der Waals surface area contributed by atoms with Gasteiger partial charge in [0, 0.05) is 17.4 Å². The highest BCUT2D eigenvalue weighted by Crippen LogP contribution is 2.45. The first-order valence-electron chi connectivity index (χ1n) is 11.9. The number of hydrogen-bond acceptors (Lipinski definition) is 5. The Balaban J connectivity index is 1.70. The van der Waals surface area contributed by atoms with Crippen LogP contribution in [-0.2, 0) is 26.3 Å². The lowest BCUT2D eigenvalue weighted by atomic mass is 9.86. The lowest BCUT2D eigenvalue weighted by Gasteiger charge is -2.36. The van der Waals surface area contributed by atoms with Crippen LogP contribution in [0.5, 0.6) is 0 Å². The molecule has 10 heteroatoms. The van der Waals surface area contributed by atoms with E-state index in [0.29, 0.717) is 24.4 Å². The topological polar surface area (TPSA) is 123 Å². The van der Waals surface area contributed by atoms with E-state index in [4.69, 9.17) is 0 Å². The predicted octanol–water partition coefficient (Wildman–Crippen LogP) is 2.94. The number of aromatic nitrogens is 1. The fourth-order valence-electron chi connectivity index (χ4n) is 5.23. The second-order valence-corrected chi connectivity index (χ2v) is 10.8. The molecule has 3 unspecified atom stereocenters. The normalized spacial score (nSPS) is 21.3. The Hall–Kier alpha value is -3.01. The van der Waals surface area contributed by atoms with E-state index in [1.165, 1.54) is 16.7 Å². The van der Waals surface area contributed by atoms with Gasteiger partial charge in [0.15, 0.2) is 5.54 Å². The van der Waals surface area contributed by atoms with Crippen LogP contribution in [0.15, 0.2) is 24.3 Å². The Morgan fingerprint density at radius 2 is 1.97 bits per heavy atom. The highest BCUT2D eigenvalue weighted by atomic mass is 32.2. The minimum atomic E-state index is -1.26. The number of para-hydroxylation sites is 1. The third-order valence-electron chi connectivity index (χ3n) is 7.03. The molecule has 2 aromatic rings. The SMILES string of the molecule is CSCCC(NC(=O)C(CC(C)C)N1C(=O)N2CCc3c([nH]c4ccccc34)C2(C)C1=O)C(=O)O. The molecule has 0 aliphatic carbocycles. The van der Waals surface area contributed by atoms with Crippen molar-refractivity contribution in [3.63, 3.8) is 0 Å². The van der Waals surface area contributed by atoms with E-state index in [9.17, 15) is 24.3 Å². The van der Waals surface area contributed by atoms with Gasteiger partial charge in [-0.3, -0.25) is 9.59 Å². The molecule has 0 radical (unpaired) electrons. The first-order valence-corrected chi connectivity index (χ1v) is 13.3. The van der Waals surface area contributed by atoms with Crippen LogP contribution in [0.1, 0.15) is 44.9 Å². The summed E-state index contributed by atoms with van der Waals surface area (Å²) >= 11 is 1.48. The second-order valence-electron chi connectivity index (χ2n) is 9.78. The highest BCUT2D eigenvalue weighted by molar-refractivity contribution is 7.98. The zero-order chi connectivity index (χ0) is 25.5. The van der Waals surface area contributed by atoms with Crippen LogP contribution in [0.4, 0.5) is 4.79 Å². The first-order chi connectivity index (χ1) is 16.6. The molecule has 35 heavy (non-hydrogen) atoms. The number of hydrogen-bond donors (Lipinski definition) is 3. The summed E-state index contributed by atoms with van der Waals surface area (Å²) in [7, 11) is 0. The Bertz CT molecular complexity index is 1180. The highest BCUT2D eigenvalue weighted by Gasteiger charge is 2.60. The van der Waals surface area contributed by atoms with Crippen molar-refractivity contribution >= 4 is 46.5 Å². The van der Waals surface area contributed by atoms with Crippen molar-refractivity contribution in [1.29, 1.82) is 0 Å². The number of urea groups is 1. The minimum Gasteiger partial charge on any atom is -0.480 e. The smallest absolute Gasteiger partial charge is 0.328 e. The van der Waals surface area contributed by atoms with Crippen molar-refractivity contribution in [3.8, 4) is 0 Å². The summed E-state index contributed by atoms with van der Waals surface area (Å²) in [5.74, 6) is -1.67. The van der Waals surface area contributed by atoms with Gasteiger partial charge in [-0.2, -0.15) is 11.8 Å². The van der Waals surface area contributed by atoms with E-state index in [1.807, 2.05) is 44.4 Å². The molecule has 4 rings (SSSR count). The molecule has 1 aromatic carbocycles. The van der Waals surface area contributed by atoms with Crippen LogP contribution in [-0.4, -0.2) is 74.3 Å². The van der Waals surface area contributed by atoms with Crippen LogP contribution < -0.4 is 5.32 Å². The molecule has 1 aromatic heterocycles. The predicted molar refractivity (Wildman–Crippen MR) is 134 cm³/mol. The molecule has 0 spiro atoms. The number of carbonyl (C=O) groups is 4. The van der Waals surface area contributed by atoms with Crippen LogP contribution in [0, 0.1) is 5.92 Å². The summed E-state index contributed by atoms with van der Waals surface area (Å²) in [6.45, 7) is 5.88. The van der Waals surface area contributed by atoms with E-state index in [-0.39, 0.29) is 18.8 Å². The summed E-state index contributed by atoms with van der Waals surface area (Å²) in [5, 5.41) is 13.2. The number of amides is 4. The zero-order valence-electron chi connectivity index (χ0n) is 20.5. The van der Waals surface area contributed by atoms with Gasteiger partial charge in [-0.1, -0.05) is 32.0 Å². The average Bonchev–Trinajstić information content (AvgIpc) is 3.28. The molecule has 1 saturated heterocycles. The molecule has 1 fully saturated rings. The quantitative estimate of drug-likeness (QED) is 0.455. The van der Waals surface area contributed by atoms with Crippen molar-refractivity contribution in [2.24, 2.45) is 5.92 Å². The van der Waals surface area contributed by atoms with E-state index in [2.05, 4.69) is 10.3 Å². The molecular weight excluding hydrogens is 468 g/mol. The lowest BCUT2D eigenvalue weighted by molar-refractivity contribution is -0.144. The maximum Gasteiger partial charge on any atom is 0.328 e. The monoisotopic (exact) mass is 500 g/mol. The molecule has 2 aliphatic heterocycles. The van der Waals surface area contributed by atoms with Gasteiger partial charge < -0.3 is 20.3 Å². The lowest BCUT2D eigenvalue weighted by Crippen LogP contribution is -2.54. The van der Waals surface area contributed by atoms with Gasteiger partial charge in [0.25, 0.3) is 5.91 Å². The Morgan fingerprint density at radius 1 is 1.26 bits per heavy atom. The molecule has 0 saturated carbocycles. The number of fused-ring (bicyclic) bond motifs is 5. The van der Waals surface area contributed by atoms with Crippen LogP contribution in [0.25, 0.3) is 10.9 Å². The number of rotatable bonds is 9. The first kappa shape index (κ1) is 25.1. The van der Waals surface area contributed by atoms with Crippen molar-refractivity contribution in [1.82, 2.24) is 20.1 Å². The number of carboxylic acids is 1. The molecule has 2 aliphatic rings. The van der Waals surface area contributed by atoms with Crippen LogP contribution in [0.3, 0.4) is 0 Å². The third kappa shape index (κ3) is 4.17. The van der Waals surface area contributed by atoms with Gasteiger partial charge in [-0.15, -0.1) is 0 Å². The van der Waals surface area contributed by atoms with Gasteiger partial charge >= 0.3 is 12.0 Å². The number of carbonyl (C=O) groups excluding carboxylic acids is 3. The Labute approximate surface area is 208 Å². The largest absolute Gasteiger partial charge is 0.480 e. The molecule has 0 bridgehead atoms. The molecular formula is C25H32N4O5S. The number of aromatic amines is 1. The maximum atomic E-state index is 14.0. The van der Waals surface area contributed by atoms with Crippen LogP contribution >= 0.6 is 11.8 Å². The summed E-state index contributed by atoms with van der Waals surface area (Å²) in [6.07, 6.45) is 2.94. The Morgan fingerprint density at radius 3 is 2.63 bits per heavy atom. The summed E-state index contributed by atoms with van der Waals surface area (Å²) in [5.41, 5.74) is 1.33. The average molecular weight is 501 g/mol. The van der Waals surface area contributed by atoms with E-state index < -0.39 is 41.4 Å². The van der Waals surface area contributed by atoms with Gasteiger partial charge in [0.2, 0.25) is 5.91 Å². The third-order valence-corrected chi connectivity index (χ3v) is 7.68. The minimum absolute atomic E-state index is 0.00473. The summed E-state index contributed by atoms with van der Waals surface area (Å²) in [6, 6.07) is 5.10. The van der Waals surface area contributed by atoms with E-state index in [1.54, 1.807) is 6.92 Å². The van der Waals surface area contributed by atoms with Crippen molar-refractivity contribution in [2.75, 3.05) is 18.6 Å². The van der Waals surface area contributed by atoms with Gasteiger partial charge in [0.1, 0.15) is 12.1 Å². The molecule has 188 valence electrons. The van der Waals surface area contributed by atoms with Crippen molar-refractivity contribution in [3.05, 3.63) is 35.5 Å². The standard InChI is InChI=1S/C25H32N4O5S/c1-14(2)13-19(21(30)27-18(22(31)32)10-12-35-4)29-23(33)25(3)20-16(9-11-28(25)24(29)34)15-7-5-6-8-17(15)26-20/h5-8,14,18-19,26H,9-13H2,1-4H3,(H,27,30)(H,31,32). The number of nitrogens with one attached hydrogen (secondary N) is 2. The molecule has 4 amide bonds. The van der Waals surface area contributed by atoms with Gasteiger partial charge in [0.05, 0.1) is 5.69 Å². The number of nitrogens with zero attached hydrogens (tertiary/aromatic N) is 2. The number of benzene rings is 1. The van der Waals surface area contributed by atoms with Gasteiger partial charge in [-0.05, 0) is 55.7 Å².